The quantitative estimate of drug-likeness (QED) is 0.712. The third-order valence-corrected chi connectivity index (χ3v) is 3.30. The molecule has 26 heavy (non-hydrogen) atoms. The van der Waals surface area contributed by atoms with Gasteiger partial charge in [-0.15, -0.1) is 0 Å². The zero-order valence-electron chi connectivity index (χ0n) is 14.9. The molecule has 0 unspecified atom stereocenters. The molecule has 2 heterocycles. The van der Waals surface area contributed by atoms with Gasteiger partial charge in [0.1, 0.15) is 12.2 Å². The van der Waals surface area contributed by atoms with Gasteiger partial charge in [-0.3, -0.25) is 4.98 Å². The molecule has 0 fully saturated rings. The summed E-state index contributed by atoms with van der Waals surface area (Å²) in [4.78, 5) is 20.6. The normalized spacial score (nSPS) is 11.2. The fraction of sp³-hybridized carbons (Fsp3) is 0.263. The predicted octanol–water partition coefficient (Wildman–Crippen LogP) is 3.70. The van der Waals surface area contributed by atoms with Crippen molar-refractivity contribution in [1.82, 2.24) is 19.7 Å². The van der Waals surface area contributed by atoms with Crippen molar-refractivity contribution in [2.75, 3.05) is 0 Å². The van der Waals surface area contributed by atoms with Crippen molar-refractivity contribution >= 4 is 6.09 Å². The lowest BCUT2D eigenvalue weighted by Gasteiger charge is -2.18. The molecule has 0 aliphatic carbocycles. The Labute approximate surface area is 151 Å². The van der Waals surface area contributed by atoms with Gasteiger partial charge in [-0.05, 0) is 26.3 Å². The molecule has 2 aromatic heterocycles. The monoisotopic (exact) mass is 352 g/mol. The highest BCUT2D eigenvalue weighted by atomic mass is 16.6. The molecule has 134 valence electrons. The fourth-order valence-electron chi connectivity index (χ4n) is 2.15. The fourth-order valence-corrected chi connectivity index (χ4v) is 2.15. The van der Waals surface area contributed by atoms with E-state index in [1.165, 1.54) is 6.20 Å². The predicted molar refractivity (Wildman–Crippen MR) is 95.7 cm³/mol. The van der Waals surface area contributed by atoms with Crippen LogP contribution in [0.3, 0.4) is 0 Å². The molecule has 3 aromatic rings. The smallest absolute Gasteiger partial charge is 0.435 e. The van der Waals surface area contributed by atoms with Crippen molar-refractivity contribution < 1.29 is 14.3 Å². The molecule has 0 aliphatic rings. The molecule has 0 amide bonds. The average molecular weight is 352 g/mol. The standard InChI is InChI=1S/C19H20N4O3/c1-19(2,3)26-18(24)23-12-15(9-21-23)16-10-20-11-17(22-16)25-13-14-7-5-4-6-8-14/h4-12H,13H2,1-3H3. The molecule has 3 rings (SSSR count). The Morgan fingerprint density at radius 2 is 1.88 bits per heavy atom. The van der Waals surface area contributed by atoms with E-state index in [1.807, 2.05) is 30.3 Å². The third-order valence-electron chi connectivity index (χ3n) is 3.30. The molecule has 0 saturated carbocycles. The van der Waals surface area contributed by atoms with E-state index in [0.717, 1.165) is 10.2 Å². The lowest BCUT2D eigenvalue weighted by molar-refractivity contribution is 0.0514. The topological polar surface area (TPSA) is 79.1 Å². The first kappa shape index (κ1) is 17.6. The van der Waals surface area contributed by atoms with Gasteiger partial charge in [-0.2, -0.15) is 9.78 Å². The van der Waals surface area contributed by atoms with Gasteiger partial charge < -0.3 is 9.47 Å². The van der Waals surface area contributed by atoms with Crippen LogP contribution in [0.4, 0.5) is 4.79 Å². The van der Waals surface area contributed by atoms with Crippen LogP contribution >= 0.6 is 0 Å². The SMILES string of the molecule is CC(C)(C)OC(=O)n1cc(-c2cncc(OCc3ccccc3)n2)cn1. The Hall–Kier alpha value is -3.22. The molecule has 1 aromatic carbocycles. The molecular weight excluding hydrogens is 332 g/mol. The number of rotatable bonds is 4. The minimum atomic E-state index is -0.589. The Kier molecular flexibility index (Phi) is 4.97. The van der Waals surface area contributed by atoms with E-state index in [0.29, 0.717) is 23.7 Å². The summed E-state index contributed by atoms with van der Waals surface area (Å²) in [5, 5.41) is 4.03. The van der Waals surface area contributed by atoms with Crippen LogP contribution in [0.5, 0.6) is 5.88 Å². The number of carbonyl (C=O) groups is 1. The summed E-state index contributed by atoms with van der Waals surface area (Å²) in [5.41, 5.74) is 1.66. The van der Waals surface area contributed by atoms with Crippen LogP contribution in [0.1, 0.15) is 26.3 Å². The lowest BCUT2D eigenvalue weighted by atomic mass is 10.2. The van der Waals surface area contributed by atoms with E-state index in [4.69, 9.17) is 9.47 Å². The van der Waals surface area contributed by atoms with Crippen LogP contribution in [0.25, 0.3) is 11.3 Å². The molecule has 0 bridgehead atoms. The average Bonchev–Trinajstić information content (AvgIpc) is 3.10. The maximum Gasteiger partial charge on any atom is 0.435 e. The van der Waals surface area contributed by atoms with Crippen LogP contribution in [0.2, 0.25) is 0 Å². The summed E-state index contributed by atoms with van der Waals surface area (Å²) in [6.07, 6.45) is 5.68. The summed E-state index contributed by atoms with van der Waals surface area (Å²) in [7, 11) is 0. The van der Waals surface area contributed by atoms with Crippen molar-refractivity contribution in [3.63, 3.8) is 0 Å². The van der Waals surface area contributed by atoms with Crippen molar-refractivity contribution in [1.29, 1.82) is 0 Å². The number of carbonyl (C=O) groups excluding carboxylic acids is 1. The van der Waals surface area contributed by atoms with Crippen LogP contribution < -0.4 is 4.74 Å². The first-order chi connectivity index (χ1) is 12.4. The molecule has 0 saturated heterocycles. The van der Waals surface area contributed by atoms with E-state index in [1.54, 1.807) is 39.4 Å². The maximum absolute atomic E-state index is 12.0. The van der Waals surface area contributed by atoms with Gasteiger partial charge in [-0.1, -0.05) is 30.3 Å². The van der Waals surface area contributed by atoms with Gasteiger partial charge in [0, 0.05) is 11.8 Å². The van der Waals surface area contributed by atoms with Crippen LogP contribution in [0, 0.1) is 0 Å². The van der Waals surface area contributed by atoms with E-state index >= 15 is 0 Å². The summed E-state index contributed by atoms with van der Waals surface area (Å²) in [6.45, 7) is 5.80. The number of benzene rings is 1. The van der Waals surface area contributed by atoms with E-state index in [-0.39, 0.29) is 0 Å². The van der Waals surface area contributed by atoms with Gasteiger partial charge in [0.2, 0.25) is 5.88 Å². The van der Waals surface area contributed by atoms with E-state index in [9.17, 15) is 4.79 Å². The zero-order chi connectivity index (χ0) is 18.6. The maximum atomic E-state index is 12.0. The largest absolute Gasteiger partial charge is 0.472 e. The highest BCUT2D eigenvalue weighted by Crippen LogP contribution is 2.19. The molecule has 7 heteroatoms. The van der Waals surface area contributed by atoms with Gasteiger partial charge in [0.05, 0.1) is 24.3 Å². The minimum absolute atomic E-state index is 0.399. The summed E-state index contributed by atoms with van der Waals surface area (Å²) in [5.74, 6) is 0.399. The van der Waals surface area contributed by atoms with Crippen molar-refractivity contribution in [3.05, 3.63) is 60.7 Å². The molecule has 0 N–H and O–H groups in total. The van der Waals surface area contributed by atoms with E-state index < -0.39 is 11.7 Å². The Bertz CT molecular complexity index is 885. The first-order valence-corrected chi connectivity index (χ1v) is 8.18. The summed E-state index contributed by atoms with van der Waals surface area (Å²) in [6, 6.07) is 9.80. The van der Waals surface area contributed by atoms with Gasteiger partial charge >= 0.3 is 6.09 Å². The van der Waals surface area contributed by atoms with E-state index in [2.05, 4.69) is 15.1 Å². The zero-order valence-corrected chi connectivity index (χ0v) is 14.9. The number of ether oxygens (including phenoxy) is 2. The summed E-state index contributed by atoms with van der Waals surface area (Å²) >= 11 is 0. The van der Waals surface area contributed by atoms with Gasteiger partial charge in [0.25, 0.3) is 0 Å². The van der Waals surface area contributed by atoms with Crippen molar-refractivity contribution in [3.8, 4) is 17.1 Å². The number of hydrogen-bond donors (Lipinski definition) is 0. The lowest BCUT2D eigenvalue weighted by Crippen LogP contribution is -2.27. The van der Waals surface area contributed by atoms with Gasteiger partial charge in [-0.25, -0.2) is 9.78 Å². The van der Waals surface area contributed by atoms with Gasteiger partial charge in [0.15, 0.2) is 0 Å². The highest BCUT2D eigenvalue weighted by Gasteiger charge is 2.19. The minimum Gasteiger partial charge on any atom is -0.472 e. The molecule has 0 radical (unpaired) electrons. The second kappa shape index (κ2) is 7.35. The second-order valence-corrected chi connectivity index (χ2v) is 6.67. The van der Waals surface area contributed by atoms with Crippen LogP contribution in [0.15, 0.2) is 55.1 Å². The van der Waals surface area contributed by atoms with Crippen molar-refractivity contribution in [2.45, 2.75) is 33.0 Å². The molecular formula is C19H20N4O3. The Morgan fingerprint density at radius 3 is 2.62 bits per heavy atom. The Balaban J connectivity index is 1.71. The number of hydrogen-bond acceptors (Lipinski definition) is 6. The molecule has 0 aliphatic heterocycles. The highest BCUT2D eigenvalue weighted by molar-refractivity contribution is 5.71. The van der Waals surface area contributed by atoms with Crippen LogP contribution in [-0.2, 0) is 11.3 Å². The Morgan fingerprint density at radius 1 is 1.12 bits per heavy atom. The third kappa shape index (κ3) is 4.66. The number of nitrogens with zero attached hydrogens (tertiary/aromatic N) is 4. The second-order valence-electron chi connectivity index (χ2n) is 6.67. The van der Waals surface area contributed by atoms with Crippen LogP contribution in [-0.4, -0.2) is 31.4 Å². The number of aromatic nitrogens is 4. The summed E-state index contributed by atoms with van der Waals surface area (Å²) < 4.78 is 12.1. The molecule has 0 spiro atoms. The first-order valence-electron chi connectivity index (χ1n) is 8.18. The molecule has 7 nitrogen and oxygen atoms in total. The molecule has 0 atom stereocenters. The van der Waals surface area contributed by atoms with Crippen molar-refractivity contribution in [2.24, 2.45) is 0 Å².